The zero-order chi connectivity index (χ0) is 11.8. The first-order valence-electron chi connectivity index (χ1n) is 4.98. The van der Waals surface area contributed by atoms with E-state index in [0.717, 1.165) is 0 Å². The van der Waals surface area contributed by atoms with Crippen molar-refractivity contribution in [1.29, 1.82) is 0 Å². The second-order valence-corrected chi connectivity index (χ2v) is 3.55. The molecule has 0 aliphatic carbocycles. The maximum atomic E-state index is 11.3. The van der Waals surface area contributed by atoms with Crippen LogP contribution in [0.15, 0.2) is 36.4 Å². The van der Waals surface area contributed by atoms with Crippen molar-refractivity contribution in [1.82, 2.24) is 5.32 Å². The summed E-state index contributed by atoms with van der Waals surface area (Å²) in [5.41, 5.74) is 0. The lowest BCUT2D eigenvalue weighted by Crippen LogP contribution is -2.28. The van der Waals surface area contributed by atoms with E-state index >= 15 is 0 Å². The average Bonchev–Trinajstić information content (AvgIpc) is 2.29. The van der Waals surface area contributed by atoms with Gasteiger partial charge in [0.25, 0.3) is 5.91 Å². The molecule has 0 heterocycles. The molecular formula is C12H14ClNO2. The van der Waals surface area contributed by atoms with Crippen LogP contribution in [-0.4, -0.2) is 19.1 Å². The van der Waals surface area contributed by atoms with Crippen LogP contribution in [0.25, 0.3) is 0 Å². The number of amides is 1. The molecular weight excluding hydrogens is 226 g/mol. The fourth-order valence-corrected chi connectivity index (χ4v) is 1.15. The van der Waals surface area contributed by atoms with Crippen LogP contribution in [0.1, 0.15) is 6.92 Å². The van der Waals surface area contributed by atoms with Crippen molar-refractivity contribution in [3.05, 3.63) is 41.4 Å². The van der Waals surface area contributed by atoms with Crippen LogP contribution in [-0.2, 0) is 4.79 Å². The molecule has 0 atom stereocenters. The highest BCUT2D eigenvalue weighted by molar-refractivity contribution is 6.30. The summed E-state index contributed by atoms with van der Waals surface area (Å²) in [6.45, 7) is 2.44. The molecule has 0 aliphatic heterocycles. The van der Waals surface area contributed by atoms with Crippen molar-refractivity contribution >= 4 is 17.5 Å². The highest BCUT2D eigenvalue weighted by Crippen LogP contribution is 2.15. The lowest BCUT2D eigenvalue weighted by Gasteiger charge is -2.05. The fraction of sp³-hybridized carbons (Fsp3) is 0.250. The van der Waals surface area contributed by atoms with Crippen molar-refractivity contribution in [3.8, 4) is 5.75 Å². The molecule has 0 fully saturated rings. The number of allylic oxidation sites excluding steroid dienone is 1. The van der Waals surface area contributed by atoms with Gasteiger partial charge < -0.3 is 10.1 Å². The molecule has 1 rings (SSSR count). The van der Waals surface area contributed by atoms with Gasteiger partial charge in [-0.05, 0) is 31.2 Å². The first kappa shape index (κ1) is 12.6. The average molecular weight is 240 g/mol. The molecule has 1 amide bonds. The molecule has 1 aromatic rings. The van der Waals surface area contributed by atoms with E-state index in [1.807, 2.05) is 19.1 Å². The smallest absolute Gasteiger partial charge is 0.258 e. The summed E-state index contributed by atoms with van der Waals surface area (Å²) in [4.78, 5) is 11.3. The summed E-state index contributed by atoms with van der Waals surface area (Å²) in [6.07, 6.45) is 3.74. The van der Waals surface area contributed by atoms with Crippen LogP contribution in [0.3, 0.4) is 0 Å². The van der Waals surface area contributed by atoms with Crippen molar-refractivity contribution < 1.29 is 9.53 Å². The molecule has 0 aliphatic rings. The van der Waals surface area contributed by atoms with Crippen LogP contribution in [0.5, 0.6) is 5.75 Å². The second-order valence-electron chi connectivity index (χ2n) is 3.12. The van der Waals surface area contributed by atoms with Crippen LogP contribution < -0.4 is 10.1 Å². The van der Waals surface area contributed by atoms with Crippen LogP contribution in [0.4, 0.5) is 0 Å². The molecule has 1 aromatic carbocycles. The number of nitrogens with one attached hydrogen (secondary N) is 1. The SMILES string of the molecule is C/C=C\CNC(=O)COc1ccc(Cl)cc1. The Bertz CT molecular complexity index is 360. The lowest BCUT2D eigenvalue weighted by molar-refractivity contribution is -0.122. The van der Waals surface area contributed by atoms with E-state index in [-0.39, 0.29) is 12.5 Å². The van der Waals surface area contributed by atoms with Crippen LogP contribution in [0.2, 0.25) is 5.02 Å². The molecule has 0 radical (unpaired) electrons. The quantitative estimate of drug-likeness (QED) is 0.802. The van der Waals surface area contributed by atoms with Crippen molar-refractivity contribution in [2.24, 2.45) is 0 Å². The van der Waals surface area contributed by atoms with Crippen molar-refractivity contribution in [3.63, 3.8) is 0 Å². The minimum absolute atomic E-state index is 0.0131. The van der Waals surface area contributed by atoms with E-state index < -0.39 is 0 Å². The van der Waals surface area contributed by atoms with Gasteiger partial charge in [0.05, 0.1) is 0 Å². The summed E-state index contributed by atoms with van der Waals surface area (Å²) in [5.74, 6) is 0.485. The maximum absolute atomic E-state index is 11.3. The van der Waals surface area contributed by atoms with Gasteiger partial charge in [-0.2, -0.15) is 0 Å². The number of ether oxygens (including phenoxy) is 1. The predicted molar refractivity (Wildman–Crippen MR) is 64.8 cm³/mol. The van der Waals surface area contributed by atoms with Gasteiger partial charge in [0, 0.05) is 11.6 Å². The minimum atomic E-state index is -0.145. The highest BCUT2D eigenvalue weighted by Gasteiger charge is 2.00. The Hall–Kier alpha value is -1.48. The number of hydrogen-bond donors (Lipinski definition) is 1. The van der Waals surface area contributed by atoms with E-state index in [0.29, 0.717) is 17.3 Å². The highest BCUT2D eigenvalue weighted by atomic mass is 35.5. The summed E-state index contributed by atoms with van der Waals surface area (Å²) in [6, 6.07) is 6.88. The predicted octanol–water partition coefficient (Wildman–Crippen LogP) is 2.41. The van der Waals surface area contributed by atoms with Gasteiger partial charge in [-0.25, -0.2) is 0 Å². The molecule has 0 saturated heterocycles. The van der Waals surface area contributed by atoms with Gasteiger partial charge in [0.2, 0.25) is 0 Å². The van der Waals surface area contributed by atoms with E-state index in [1.54, 1.807) is 24.3 Å². The summed E-state index contributed by atoms with van der Waals surface area (Å²) < 4.78 is 5.26. The molecule has 0 saturated carbocycles. The molecule has 16 heavy (non-hydrogen) atoms. The number of carbonyl (C=O) groups is 1. The molecule has 0 unspecified atom stereocenters. The van der Waals surface area contributed by atoms with Gasteiger partial charge in [-0.15, -0.1) is 0 Å². The largest absolute Gasteiger partial charge is 0.484 e. The van der Waals surface area contributed by atoms with E-state index in [4.69, 9.17) is 16.3 Å². The minimum Gasteiger partial charge on any atom is -0.484 e. The molecule has 0 bridgehead atoms. The third-order valence-corrected chi connectivity index (χ3v) is 2.09. The fourth-order valence-electron chi connectivity index (χ4n) is 1.02. The zero-order valence-corrected chi connectivity index (χ0v) is 9.83. The Labute approximate surface area is 100 Å². The number of carbonyl (C=O) groups excluding carboxylic acids is 1. The van der Waals surface area contributed by atoms with Crippen LogP contribution >= 0.6 is 11.6 Å². The first-order chi connectivity index (χ1) is 7.72. The monoisotopic (exact) mass is 239 g/mol. The number of benzene rings is 1. The lowest BCUT2D eigenvalue weighted by atomic mass is 10.3. The van der Waals surface area contributed by atoms with E-state index in [1.165, 1.54) is 0 Å². The first-order valence-corrected chi connectivity index (χ1v) is 5.36. The zero-order valence-electron chi connectivity index (χ0n) is 9.07. The van der Waals surface area contributed by atoms with Gasteiger partial charge in [-0.3, -0.25) is 4.79 Å². The van der Waals surface area contributed by atoms with Gasteiger partial charge in [0.15, 0.2) is 6.61 Å². The summed E-state index contributed by atoms with van der Waals surface area (Å²) in [5, 5.41) is 3.33. The van der Waals surface area contributed by atoms with Gasteiger partial charge >= 0.3 is 0 Å². The third kappa shape index (κ3) is 4.84. The summed E-state index contributed by atoms with van der Waals surface area (Å²) >= 11 is 5.72. The van der Waals surface area contributed by atoms with Crippen LogP contribution in [0, 0.1) is 0 Å². The Morgan fingerprint density at radius 3 is 2.75 bits per heavy atom. The molecule has 1 N–H and O–H groups in total. The molecule has 0 spiro atoms. The van der Waals surface area contributed by atoms with Gasteiger partial charge in [-0.1, -0.05) is 23.8 Å². The molecule has 3 nitrogen and oxygen atoms in total. The molecule has 0 aromatic heterocycles. The van der Waals surface area contributed by atoms with Crippen molar-refractivity contribution in [2.75, 3.05) is 13.2 Å². The van der Waals surface area contributed by atoms with E-state index in [9.17, 15) is 4.79 Å². The maximum Gasteiger partial charge on any atom is 0.258 e. The number of rotatable bonds is 5. The number of hydrogen-bond acceptors (Lipinski definition) is 2. The molecule has 4 heteroatoms. The Morgan fingerprint density at radius 1 is 1.44 bits per heavy atom. The normalized spacial score (nSPS) is 10.4. The van der Waals surface area contributed by atoms with E-state index in [2.05, 4.69) is 5.32 Å². The third-order valence-electron chi connectivity index (χ3n) is 1.84. The topological polar surface area (TPSA) is 38.3 Å². The Balaban J connectivity index is 2.28. The Kier molecular flexibility index (Phi) is 5.43. The van der Waals surface area contributed by atoms with Crippen molar-refractivity contribution in [2.45, 2.75) is 6.92 Å². The summed E-state index contributed by atoms with van der Waals surface area (Å²) in [7, 11) is 0. The molecule has 86 valence electrons. The second kappa shape index (κ2) is 6.90. The van der Waals surface area contributed by atoms with Gasteiger partial charge in [0.1, 0.15) is 5.75 Å². The Morgan fingerprint density at radius 2 is 2.12 bits per heavy atom. The standard InChI is InChI=1S/C12H14ClNO2/c1-2-3-8-14-12(15)9-16-11-6-4-10(13)5-7-11/h2-7H,8-9H2,1H3,(H,14,15)/b3-2-. The number of halogens is 1.